The number of urea groups is 1. The molecule has 1 rings (SSSR count). The van der Waals surface area contributed by atoms with Gasteiger partial charge in [-0.15, -0.1) is 0 Å². The van der Waals surface area contributed by atoms with Crippen molar-refractivity contribution in [3.05, 3.63) is 23.8 Å². The number of phenolic OH excluding ortho intramolecular Hbond substituents is 2. The Morgan fingerprint density at radius 3 is 2.53 bits per heavy atom. The molecular formula is C11H16N4O4. The summed E-state index contributed by atoms with van der Waals surface area (Å²) in [7, 11) is 0. The van der Waals surface area contributed by atoms with E-state index >= 15 is 0 Å². The SMILES string of the molecule is C[C@H](N)C(=O)NNC(=O)NCc1ccc(O)c(O)c1. The zero-order valence-corrected chi connectivity index (χ0v) is 10.3. The van der Waals surface area contributed by atoms with Crippen molar-refractivity contribution in [3.8, 4) is 11.5 Å². The summed E-state index contributed by atoms with van der Waals surface area (Å²) in [5.74, 6) is -1.03. The maximum atomic E-state index is 11.3. The van der Waals surface area contributed by atoms with Gasteiger partial charge in [0.05, 0.1) is 6.04 Å². The second kappa shape index (κ2) is 6.45. The van der Waals surface area contributed by atoms with Crippen molar-refractivity contribution in [1.29, 1.82) is 0 Å². The van der Waals surface area contributed by atoms with Crippen LogP contribution in [0, 0.1) is 0 Å². The van der Waals surface area contributed by atoms with Crippen molar-refractivity contribution < 1.29 is 19.8 Å². The molecule has 8 nitrogen and oxygen atoms in total. The van der Waals surface area contributed by atoms with Crippen molar-refractivity contribution in [2.45, 2.75) is 19.5 Å². The summed E-state index contributed by atoms with van der Waals surface area (Å²) in [5.41, 5.74) is 10.1. The van der Waals surface area contributed by atoms with Gasteiger partial charge in [-0.05, 0) is 24.6 Å². The molecule has 0 saturated carbocycles. The first-order valence-corrected chi connectivity index (χ1v) is 5.50. The van der Waals surface area contributed by atoms with Crippen molar-refractivity contribution in [2.75, 3.05) is 0 Å². The van der Waals surface area contributed by atoms with Gasteiger partial charge in [0, 0.05) is 6.54 Å². The fourth-order valence-electron chi connectivity index (χ4n) is 1.14. The molecule has 0 bridgehead atoms. The Balaban J connectivity index is 2.38. The van der Waals surface area contributed by atoms with Crippen LogP contribution in [0.5, 0.6) is 11.5 Å². The number of hydrogen-bond acceptors (Lipinski definition) is 5. The molecule has 8 heteroatoms. The molecule has 7 N–H and O–H groups in total. The molecule has 0 aliphatic heterocycles. The molecule has 0 aliphatic carbocycles. The van der Waals surface area contributed by atoms with Crippen LogP contribution in [-0.2, 0) is 11.3 Å². The monoisotopic (exact) mass is 268 g/mol. The Morgan fingerprint density at radius 2 is 1.95 bits per heavy atom. The van der Waals surface area contributed by atoms with E-state index in [9.17, 15) is 14.7 Å². The molecule has 19 heavy (non-hydrogen) atoms. The molecule has 0 saturated heterocycles. The second-order valence-electron chi connectivity index (χ2n) is 3.91. The number of hydrogen-bond donors (Lipinski definition) is 6. The van der Waals surface area contributed by atoms with Crippen LogP contribution in [0.1, 0.15) is 12.5 Å². The van der Waals surface area contributed by atoms with E-state index in [-0.39, 0.29) is 18.0 Å². The van der Waals surface area contributed by atoms with Gasteiger partial charge in [-0.3, -0.25) is 10.2 Å². The molecule has 3 amide bonds. The third-order valence-electron chi connectivity index (χ3n) is 2.21. The minimum atomic E-state index is -0.727. The number of nitrogens with one attached hydrogen (secondary N) is 3. The van der Waals surface area contributed by atoms with Gasteiger partial charge in [-0.1, -0.05) is 6.07 Å². The molecule has 0 heterocycles. The lowest BCUT2D eigenvalue weighted by molar-refractivity contribution is -0.122. The summed E-state index contributed by atoms with van der Waals surface area (Å²) in [5, 5.41) is 20.8. The van der Waals surface area contributed by atoms with Crippen LogP contribution >= 0.6 is 0 Å². The lowest BCUT2D eigenvalue weighted by atomic mass is 10.2. The van der Waals surface area contributed by atoms with Crippen molar-refractivity contribution >= 4 is 11.9 Å². The van der Waals surface area contributed by atoms with Gasteiger partial charge in [-0.25, -0.2) is 10.2 Å². The van der Waals surface area contributed by atoms with Crippen LogP contribution in [0.3, 0.4) is 0 Å². The molecule has 1 aromatic carbocycles. The number of rotatable bonds is 3. The summed E-state index contributed by atoms with van der Waals surface area (Å²) >= 11 is 0. The van der Waals surface area contributed by atoms with E-state index in [1.165, 1.54) is 25.1 Å². The summed E-state index contributed by atoms with van der Waals surface area (Å²) in [6.45, 7) is 1.60. The molecule has 0 radical (unpaired) electrons. The molecule has 1 atom stereocenters. The van der Waals surface area contributed by atoms with E-state index < -0.39 is 18.0 Å². The Hall–Kier alpha value is -2.48. The minimum absolute atomic E-state index is 0.119. The molecule has 0 spiro atoms. The van der Waals surface area contributed by atoms with Crippen molar-refractivity contribution in [2.24, 2.45) is 5.73 Å². The summed E-state index contributed by atoms with van der Waals surface area (Å²) in [6.07, 6.45) is 0. The fourth-order valence-corrected chi connectivity index (χ4v) is 1.14. The highest BCUT2D eigenvalue weighted by atomic mass is 16.3. The number of hydrazine groups is 1. The number of amides is 3. The van der Waals surface area contributed by atoms with Gasteiger partial charge in [0.1, 0.15) is 0 Å². The van der Waals surface area contributed by atoms with Crippen LogP contribution in [0.15, 0.2) is 18.2 Å². The number of carbonyl (C=O) groups is 2. The predicted octanol–water partition coefficient (Wildman–Crippen LogP) is -0.725. The average molecular weight is 268 g/mol. The topological polar surface area (TPSA) is 137 Å². The highest BCUT2D eigenvalue weighted by Crippen LogP contribution is 2.24. The van der Waals surface area contributed by atoms with E-state index in [0.29, 0.717) is 5.56 Å². The number of aromatic hydroxyl groups is 2. The molecule has 0 aromatic heterocycles. The first kappa shape index (κ1) is 14.6. The maximum absolute atomic E-state index is 11.3. The standard InChI is InChI=1S/C11H16N4O4/c1-6(12)10(18)14-15-11(19)13-5-7-2-3-8(16)9(17)4-7/h2-4,6,16-17H,5,12H2,1H3,(H,14,18)(H2,13,15,19)/t6-/m0/s1. The summed E-state index contributed by atoms with van der Waals surface area (Å²) in [4.78, 5) is 22.4. The zero-order valence-electron chi connectivity index (χ0n) is 10.3. The van der Waals surface area contributed by atoms with Gasteiger partial charge in [0.2, 0.25) is 0 Å². The smallest absolute Gasteiger partial charge is 0.333 e. The first-order valence-electron chi connectivity index (χ1n) is 5.50. The highest BCUT2D eigenvalue weighted by molar-refractivity contribution is 5.84. The Bertz CT molecular complexity index is 476. The molecule has 0 fully saturated rings. The van der Waals surface area contributed by atoms with E-state index in [0.717, 1.165) is 0 Å². The predicted molar refractivity (Wildman–Crippen MR) is 66.9 cm³/mol. The maximum Gasteiger partial charge on any atom is 0.333 e. The summed E-state index contributed by atoms with van der Waals surface area (Å²) in [6, 6.07) is 2.81. The van der Waals surface area contributed by atoms with E-state index in [4.69, 9.17) is 10.8 Å². The van der Waals surface area contributed by atoms with Crippen LogP contribution < -0.4 is 21.9 Å². The Kier molecular flexibility index (Phi) is 4.95. The van der Waals surface area contributed by atoms with Crippen LogP contribution in [-0.4, -0.2) is 28.2 Å². The van der Waals surface area contributed by atoms with E-state index in [1.54, 1.807) is 0 Å². The molecular weight excluding hydrogens is 252 g/mol. The van der Waals surface area contributed by atoms with Gasteiger partial charge in [0.15, 0.2) is 11.5 Å². The number of carbonyl (C=O) groups excluding carboxylic acids is 2. The third kappa shape index (κ3) is 4.72. The van der Waals surface area contributed by atoms with Gasteiger partial charge >= 0.3 is 6.03 Å². The largest absolute Gasteiger partial charge is 0.504 e. The van der Waals surface area contributed by atoms with Crippen LogP contribution in [0.25, 0.3) is 0 Å². The van der Waals surface area contributed by atoms with Crippen LogP contribution in [0.2, 0.25) is 0 Å². The molecule has 0 unspecified atom stereocenters. The normalized spacial score (nSPS) is 11.5. The Morgan fingerprint density at radius 1 is 1.26 bits per heavy atom. The molecule has 1 aromatic rings. The number of benzene rings is 1. The third-order valence-corrected chi connectivity index (χ3v) is 2.21. The minimum Gasteiger partial charge on any atom is -0.504 e. The number of nitrogens with two attached hydrogens (primary N) is 1. The highest BCUT2D eigenvalue weighted by Gasteiger charge is 2.08. The first-order chi connectivity index (χ1) is 8.90. The van der Waals surface area contributed by atoms with Gasteiger partial charge < -0.3 is 21.3 Å². The average Bonchev–Trinajstić information content (AvgIpc) is 2.37. The quantitative estimate of drug-likeness (QED) is 0.317. The molecule has 0 aliphatic rings. The lowest BCUT2D eigenvalue weighted by Crippen LogP contribution is -2.51. The summed E-state index contributed by atoms with van der Waals surface area (Å²) < 4.78 is 0. The van der Waals surface area contributed by atoms with Gasteiger partial charge in [-0.2, -0.15) is 0 Å². The Labute approximate surface area is 109 Å². The zero-order chi connectivity index (χ0) is 14.4. The number of phenols is 2. The fraction of sp³-hybridized carbons (Fsp3) is 0.273. The second-order valence-corrected chi connectivity index (χ2v) is 3.91. The van der Waals surface area contributed by atoms with E-state index in [1.807, 2.05) is 0 Å². The van der Waals surface area contributed by atoms with Crippen molar-refractivity contribution in [1.82, 2.24) is 16.2 Å². The van der Waals surface area contributed by atoms with Gasteiger partial charge in [0.25, 0.3) is 5.91 Å². The van der Waals surface area contributed by atoms with Crippen molar-refractivity contribution in [3.63, 3.8) is 0 Å². The van der Waals surface area contributed by atoms with E-state index in [2.05, 4.69) is 16.2 Å². The molecule has 104 valence electrons. The van der Waals surface area contributed by atoms with Crippen LogP contribution in [0.4, 0.5) is 4.79 Å². The lowest BCUT2D eigenvalue weighted by Gasteiger charge is -2.10.